The summed E-state index contributed by atoms with van der Waals surface area (Å²) in [5.74, 6) is 0.659. The molecule has 0 spiro atoms. The Kier molecular flexibility index (Phi) is 2.04. The molecule has 3 aromatic rings. The van der Waals surface area contributed by atoms with E-state index in [1.165, 1.54) is 5.56 Å². The van der Waals surface area contributed by atoms with Crippen molar-refractivity contribution >= 4 is 22.4 Å². The number of oxazole rings is 1. The van der Waals surface area contributed by atoms with Crippen LogP contribution in [0.15, 0.2) is 28.8 Å². The Bertz CT molecular complexity index is 654. The average molecular weight is 230 g/mol. The fraction of sp³-hybridized carbons (Fsp3) is 0.167. The van der Waals surface area contributed by atoms with Crippen LogP contribution in [0.4, 0.5) is 0 Å². The Balaban J connectivity index is 2.18. The molecule has 0 amide bonds. The van der Waals surface area contributed by atoms with Crippen LogP contribution in [0.2, 0.25) is 0 Å². The Morgan fingerprint density at radius 1 is 1.25 bits per heavy atom. The number of thiazole rings is 1. The second kappa shape index (κ2) is 3.42. The molecule has 2 heterocycles. The van der Waals surface area contributed by atoms with E-state index in [4.69, 9.17) is 4.42 Å². The Hall–Kier alpha value is -1.68. The van der Waals surface area contributed by atoms with E-state index in [0.29, 0.717) is 5.89 Å². The van der Waals surface area contributed by atoms with Crippen molar-refractivity contribution in [2.75, 3.05) is 0 Å². The summed E-state index contributed by atoms with van der Waals surface area (Å²) in [5.41, 5.74) is 2.91. The van der Waals surface area contributed by atoms with Gasteiger partial charge in [0.2, 0.25) is 5.89 Å². The minimum absolute atomic E-state index is 0.659. The molecule has 0 fully saturated rings. The molecule has 0 radical (unpaired) electrons. The van der Waals surface area contributed by atoms with Crippen LogP contribution < -0.4 is 0 Å². The SMILES string of the molecule is Cc1ccc2nc(-c3cnc(C)s3)oc2c1. The van der Waals surface area contributed by atoms with E-state index in [9.17, 15) is 0 Å². The first-order valence-corrected chi connectivity index (χ1v) is 5.84. The van der Waals surface area contributed by atoms with E-state index >= 15 is 0 Å². The summed E-state index contributed by atoms with van der Waals surface area (Å²) in [7, 11) is 0. The van der Waals surface area contributed by atoms with E-state index in [0.717, 1.165) is 21.0 Å². The van der Waals surface area contributed by atoms with E-state index < -0.39 is 0 Å². The van der Waals surface area contributed by atoms with Gasteiger partial charge >= 0.3 is 0 Å². The number of hydrogen-bond acceptors (Lipinski definition) is 4. The zero-order valence-corrected chi connectivity index (χ0v) is 9.84. The number of nitrogens with zero attached hydrogens (tertiary/aromatic N) is 2. The fourth-order valence-electron chi connectivity index (χ4n) is 1.60. The monoisotopic (exact) mass is 230 g/mol. The van der Waals surface area contributed by atoms with Crippen molar-refractivity contribution in [3.05, 3.63) is 35.0 Å². The van der Waals surface area contributed by atoms with E-state index in [-0.39, 0.29) is 0 Å². The third-order valence-electron chi connectivity index (χ3n) is 2.38. The van der Waals surface area contributed by atoms with Crippen LogP contribution in [-0.2, 0) is 0 Å². The molecule has 4 heteroatoms. The Morgan fingerprint density at radius 3 is 2.88 bits per heavy atom. The largest absolute Gasteiger partial charge is 0.435 e. The van der Waals surface area contributed by atoms with E-state index in [1.54, 1.807) is 17.5 Å². The summed E-state index contributed by atoms with van der Waals surface area (Å²) in [6.07, 6.45) is 1.80. The first-order valence-electron chi connectivity index (χ1n) is 5.02. The number of rotatable bonds is 1. The lowest BCUT2D eigenvalue weighted by Crippen LogP contribution is -1.71. The van der Waals surface area contributed by atoms with Crippen LogP contribution in [0.3, 0.4) is 0 Å². The summed E-state index contributed by atoms with van der Waals surface area (Å²) < 4.78 is 5.71. The van der Waals surface area contributed by atoms with Gasteiger partial charge in [-0.3, -0.25) is 0 Å². The number of aryl methyl sites for hydroxylation is 2. The number of hydrogen-bond donors (Lipinski definition) is 0. The standard InChI is InChI=1S/C12H10N2OS/c1-7-3-4-9-10(5-7)15-12(14-9)11-6-13-8(2)16-11/h3-6H,1-2H3. The predicted octanol–water partition coefficient (Wildman–Crippen LogP) is 3.57. The molecular weight excluding hydrogens is 220 g/mol. The molecule has 0 bridgehead atoms. The quantitative estimate of drug-likeness (QED) is 0.641. The lowest BCUT2D eigenvalue weighted by Gasteiger charge is -1.88. The normalized spacial score (nSPS) is 11.1. The topological polar surface area (TPSA) is 38.9 Å². The highest BCUT2D eigenvalue weighted by molar-refractivity contribution is 7.14. The maximum Gasteiger partial charge on any atom is 0.239 e. The van der Waals surface area contributed by atoms with E-state index in [2.05, 4.69) is 9.97 Å². The van der Waals surface area contributed by atoms with Gasteiger partial charge in [0.15, 0.2) is 5.58 Å². The molecule has 0 saturated carbocycles. The van der Waals surface area contributed by atoms with Gasteiger partial charge in [-0.05, 0) is 31.5 Å². The molecule has 0 unspecified atom stereocenters. The second-order valence-corrected chi connectivity index (χ2v) is 4.97. The van der Waals surface area contributed by atoms with Crippen molar-refractivity contribution in [3.63, 3.8) is 0 Å². The van der Waals surface area contributed by atoms with Gasteiger partial charge < -0.3 is 4.42 Å². The molecular formula is C12H10N2OS. The van der Waals surface area contributed by atoms with Crippen LogP contribution >= 0.6 is 11.3 Å². The van der Waals surface area contributed by atoms with Gasteiger partial charge in [0, 0.05) is 0 Å². The molecule has 0 saturated heterocycles. The summed E-state index contributed by atoms with van der Waals surface area (Å²) in [6.45, 7) is 4.01. The molecule has 16 heavy (non-hydrogen) atoms. The molecule has 3 rings (SSSR count). The van der Waals surface area contributed by atoms with Gasteiger partial charge in [0.25, 0.3) is 0 Å². The Labute approximate surface area is 96.8 Å². The lowest BCUT2D eigenvalue weighted by molar-refractivity contribution is 0.621. The van der Waals surface area contributed by atoms with Crippen molar-refractivity contribution in [3.8, 4) is 10.8 Å². The summed E-state index contributed by atoms with van der Waals surface area (Å²) in [5, 5.41) is 1.02. The van der Waals surface area contributed by atoms with E-state index in [1.807, 2.05) is 32.0 Å². The van der Waals surface area contributed by atoms with Gasteiger partial charge in [-0.25, -0.2) is 9.97 Å². The van der Waals surface area contributed by atoms with Gasteiger partial charge in [0.05, 0.1) is 11.2 Å². The van der Waals surface area contributed by atoms with Crippen molar-refractivity contribution in [2.24, 2.45) is 0 Å². The molecule has 0 aliphatic carbocycles. The smallest absolute Gasteiger partial charge is 0.239 e. The first-order chi connectivity index (χ1) is 7.72. The number of aromatic nitrogens is 2. The van der Waals surface area contributed by atoms with Crippen LogP contribution in [0.25, 0.3) is 21.9 Å². The van der Waals surface area contributed by atoms with Gasteiger partial charge in [0.1, 0.15) is 10.4 Å². The van der Waals surface area contributed by atoms with Crippen LogP contribution in [0, 0.1) is 13.8 Å². The highest BCUT2D eigenvalue weighted by Gasteiger charge is 2.10. The maximum absolute atomic E-state index is 5.71. The van der Waals surface area contributed by atoms with Crippen molar-refractivity contribution in [1.82, 2.24) is 9.97 Å². The second-order valence-electron chi connectivity index (χ2n) is 3.73. The van der Waals surface area contributed by atoms with Crippen LogP contribution in [0.5, 0.6) is 0 Å². The Morgan fingerprint density at radius 2 is 2.12 bits per heavy atom. The molecule has 3 nitrogen and oxygen atoms in total. The van der Waals surface area contributed by atoms with Crippen molar-refractivity contribution in [2.45, 2.75) is 13.8 Å². The van der Waals surface area contributed by atoms with Crippen molar-refractivity contribution < 1.29 is 4.42 Å². The summed E-state index contributed by atoms with van der Waals surface area (Å²) in [4.78, 5) is 9.62. The average Bonchev–Trinajstić information content (AvgIpc) is 2.83. The molecule has 0 atom stereocenters. The van der Waals surface area contributed by atoms with Gasteiger partial charge in [-0.1, -0.05) is 6.07 Å². The lowest BCUT2D eigenvalue weighted by atomic mass is 10.2. The predicted molar refractivity (Wildman–Crippen MR) is 64.6 cm³/mol. The minimum atomic E-state index is 0.659. The summed E-state index contributed by atoms with van der Waals surface area (Å²) in [6, 6.07) is 6.01. The van der Waals surface area contributed by atoms with Crippen molar-refractivity contribution in [1.29, 1.82) is 0 Å². The molecule has 1 aromatic carbocycles. The van der Waals surface area contributed by atoms with Crippen LogP contribution in [-0.4, -0.2) is 9.97 Å². The molecule has 2 aromatic heterocycles. The summed E-state index contributed by atoms with van der Waals surface area (Å²) >= 11 is 1.59. The zero-order chi connectivity index (χ0) is 11.1. The first kappa shape index (κ1) is 9.54. The van der Waals surface area contributed by atoms with Gasteiger partial charge in [-0.2, -0.15) is 0 Å². The molecule has 0 aliphatic rings. The van der Waals surface area contributed by atoms with Gasteiger partial charge in [-0.15, -0.1) is 11.3 Å². The molecule has 0 N–H and O–H groups in total. The van der Waals surface area contributed by atoms with Crippen LogP contribution in [0.1, 0.15) is 10.6 Å². The number of fused-ring (bicyclic) bond motifs is 1. The molecule has 80 valence electrons. The maximum atomic E-state index is 5.71. The highest BCUT2D eigenvalue weighted by atomic mass is 32.1. The zero-order valence-electron chi connectivity index (χ0n) is 9.02. The number of benzene rings is 1. The minimum Gasteiger partial charge on any atom is -0.435 e. The molecule has 0 aliphatic heterocycles. The fourth-order valence-corrected chi connectivity index (χ4v) is 2.30. The highest BCUT2D eigenvalue weighted by Crippen LogP contribution is 2.28. The third kappa shape index (κ3) is 1.51. The third-order valence-corrected chi connectivity index (χ3v) is 3.28.